The van der Waals surface area contributed by atoms with E-state index in [2.05, 4.69) is 27.0 Å². The van der Waals surface area contributed by atoms with Crippen molar-refractivity contribution in [2.75, 3.05) is 27.1 Å². The molecule has 2 saturated heterocycles. The minimum Gasteiger partial charge on any atom is -0.468 e. The van der Waals surface area contributed by atoms with Gasteiger partial charge in [0.2, 0.25) is 5.17 Å². The highest BCUT2D eigenvalue weighted by atomic mass is 32.2. The molecule has 0 bridgehead atoms. The maximum absolute atomic E-state index is 5.62. The van der Waals surface area contributed by atoms with Gasteiger partial charge in [-0.1, -0.05) is 12.1 Å². The summed E-state index contributed by atoms with van der Waals surface area (Å²) >= 11 is 1.55. The number of hydrogen-bond acceptors (Lipinski definition) is 8. The van der Waals surface area contributed by atoms with Crippen LogP contribution in [0.3, 0.4) is 0 Å². The summed E-state index contributed by atoms with van der Waals surface area (Å²) in [6.07, 6.45) is 3.30. The summed E-state index contributed by atoms with van der Waals surface area (Å²) in [5.74, 6) is 0.797. The molecule has 140 valence electrons. The minimum atomic E-state index is 0.0330. The van der Waals surface area contributed by atoms with Crippen LogP contribution in [0.1, 0.15) is 18.4 Å². The number of hydrazine groups is 1. The molecule has 3 aliphatic rings. The van der Waals surface area contributed by atoms with Crippen LogP contribution in [0, 0.1) is 0 Å². The molecule has 2 fully saturated rings. The molecule has 1 aromatic carbocycles. The molecule has 2 unspecified atom stereocenters. The number of rotatable bonds is 7. The minimum absolute atomic E-state index is 0.0330. The Morgan fingerprint density at radius 1 is 1.46 bits per heavy atom. The predicted octanol–water partition coefficient (Wildman–Crippen LogP) is 1.50. The molecular formula is C17H23N5O3S. The van der Waals surface area contributed by atoms with Gasteiger partial charge in [-0.05, 0) is 42.3 Å². The van der Waals surface area contributed by atoms with E-state index in [1.807, 2.05) is 23.2 Å². The second kappa shape index (κ2) is 8.15. The number of ether oxygens (including phenoxy) is 3. The van der Waals surface area contributed by atoms with Crippen molar-refractivity contribution < 1.29 is 14.2 Å². The number of hydrazone groups is 1. The van der Waals surface area contributed by atoms with E-state index in [0.29, 0.717) is 6.54 Å². The maximum atomic E-state index is 5.62. The normalized spacial score (nSPS) is 25.8. The number of benzene rings is 1. The molecule has 0 saturated carbocycles. The van der Waals surface area contributed by atoms with E-state index >= 15 is 0 Å². The van der Waals surface area contributed by atoms with Crippen LogP contribution < -0.4 is 15.6 Å². The second-order valence-corrected chi connectivity index (χ2v) is 7.26. The van der Waals surface area contributed by atoms with Crippen molar-refractivity contribution in [3.8, 4) is 5.75 Å². The smallest absolute Gasteiger partial charge is 0.211 e. The Morgan fingerprint density at radius 3 is 3.27 bits per heavy atom. The molecule has 2 atom stereocenters. The second-order valence-electron chi connectivity index (χ2n) is 6.31. The summed E-state index contributed by atoms with van der Waals surface area (Å²) in [4.78, 5) is 4.64. The Bertz CT molecular complexity index is 693. The quantitative estimate of drug-likeness (QED) is 0.697. The Kier molecular flexibility index (Phi) is 5.47. The van der Waals surface area contributed by atoms with Gasteiger partial charge in [0.1, 0.15) is 11.9 Å². The van der Waals surface area contributed by atoms with E-state index in [0.717, 1.165) is 47.5 Å². The number of fused-ring (bicyclic) bond motifs is 1. The molecule has 3 heterocycles. The van der Waals surface area contributed by atoms with Crippen LogP contribution in [0.5, 0.6) is 5.75 Å². The van der Waals surface area contributed by atoms with E-state index < -0.39 is 0 Å². The standard InChI is InChI=1S/C17H23N5O3S/c1-23-11-25-13-5-2-4-12(8-13)9-15-19-20-17-22(15)21-16(26-17)18-10-14-6-3-7-24-14/h2,4-5,8,14-15,19H,3,6-7,9-11H2,1H3,(H,18,21). The summed E-state index contributed by atoms with van der Waals surface area (Å²) in [5, 5.41) is 8.21. The highest BCUT2D eigenvalue weighted by Crippen LogP contribution is 2.25. The third-order valence-electron chi connectivity index (χ3n) is 4.36. The van der Waals surface area contributed by atoms with Crippen molar-refractivity contribution in [1.82, 2.24) is 15.9 Å². The van der Waals surface area contributed by atoms with E-state index in [9.17, 15) is 0 Å². The Hall–Kier alpha value is -1.97. The molecule has 9 heteroatoms. The molecule has 0 aliphatic carbocycles. The SMILES string of the molecule is COCOc1cccc(CC2NN=C3SC(=NCC4CCCO4)NN32)c1. The highest BCUT2D eigenvalue weighted by Gasteiger charge is 2.36. The molecule has 2 N–H and O–H groups in total. The van der Waals surface area contributed by atoms with E-state index in [1.165, 1.54) is 0 Å². The number of thioether (sulfide) groups is 1. The molecule has 8 nitrogen and oxygen atoms in total. The van der Waals surface area contributed by atoms with Gasteiger partial charge in [0, 0.05) is 20.1 Å². The largest absolute Gasteiger partial charge is 0.468 e. The van der Waals surface area contributed by atoms with Crippen LogP contribution in [0.2, 0.25) is 0 Å². The molecule has 0 spiro atoms. The van der Waals surface area contributed by atoms with Crippen molar-refractivity contribution >= 4 is 22.1 Å². The van der Waals surface area contributed by atoms with Gasteiger partial charge >= 0.3 is 0 Å². The zero-order chi connectivity index (χ0) is 17.8. The Labute approximate surface area is 156 Å². The van der Waals surface area contributed by atoms with Gasteiger partial charge in [-0.25, -0.2) is 5.01 Å². The summed E-state index contributed by atoms with van der Waals surface area (Å²) in [6.45, 7) is 1.80. The molecular weight excluding hydrogens is 354 g/mol. The third kappa shape index (κ3) is 4.05. The van der Waals surface area contributed by atoms with Gasteiger partial charge in [0.15, 0.2) is 12.0 Å². The van der Waals surface area contributed by atoms with Crippen LogP contribution in [-0.4, -0.2) is 54.7 Å². The molecule has 1 aromatic rings. The summed E-state index contributed by atoms with van der Waals surface area (Å²) in [6, 6.07) is 8.01. The number of methoxy groups -OCH3 is 1. The molecule has 4 rings (SSSR count). The lowest BCUT2D eigenvalue weighted by atomic mass is 10.1. The first-order chi connectivity index (χ1) is 12.8. The fourth-order valence-corrected chi connectivity index (χ4v) is 3.90. The number of nitrogens with zero attached hydrogens (tertiary/aromatic N) is 3. The lowest BCUT2D eigenvalue weighted by Gasteiger charge is -2.22. The van der Waals surface area contributed by atoms with Crippen molar-refractivity contribution in [2.45, 2.75) is 31.5 Å². The zero-order valence-corrected chi connectivity index (χ0v) is 15.5. The van der Waals surface area contributed by atoms with Gasteiger partial charge in [-0.15, -0.1) is 0 Å². The number of nitrogens with one attached hydrogen (secondary N) is 2. The van der Waals surface area contributed by atoms with Gasteiger partial charge in [-0.2, -0.15) is 5.10 Å². The summed E-state index contributed by atoms with van der Waals surface area (Å²) in [7, 11) is 1.61. The first-order valence-electron chi connectivity index (χ1n) is 8.75. The number of aliphatic imine (C=N–C) groups is 1. The summed E-state index contributed by atoms with van der Waals surface area (Å²) in [5.41, 5.74) is 7.67. The van der Waals surface area contributed by atoms with Crippen LogP contribution in [0.25, 0.3) is 0 Å². The lowest BCUT2D eigenvalue weighted by Crippen LogP contribution is -2.46. The highest BCUT2D eigenvalue weighted by molar-refractivity contribution is 8.26. The van der Waals surface area contributed by atoms with Gasteiger partial charge < -0.3 is 14.2 Å². The average molecular weight is 377 g/mol. The van der Waals surface area contributed by atoms with Crippen molar-refractivity contribution in [3.63, 3.8) is 0 Å². The Morgan fingerprint density at radius 2 is 2.42 bits per heavy atom. The van der Waals surface area contributed by atoms with Crippen molar-refractivity contribution in [2.24, 2.45) is 10.1 Å². The maximum Gasteiger partial charge on any atom is 0.211 e. The van der Waals surface area contributed by atoms with Crippen LogP contribution in [0.4, 0.5) is 0 Å². The molecule has 0 aromatic heterocycles. The first kappa shape index (κ1) is 17.4. The van der Waals surface area contributed by atoms with Crippen molar-refractivity contribution in [1.29, 1.82) is 0 Å². The lowest BCUT2D eigenvalue weighted by molar-refractivity contribution is 0.0510. The van der Waals surface area contributed by atoms with E-state index in [4.69, 9.17) is 14.2 Å². The Balaban J connectivity index is 1.34. The van der Waals surface area contributed by atoms with Crippen LogP contribution >= 0.6 is 11.8 Å². The van der Waals surface area contributed by atoms with Crippen LogP contribution in [0.15, 0.2) is 34.4 Å². The summed E-state index contributed by atoms with van der Waals surface area (Å²) < 4.78 is 16.1. The van der Waals surface area contributed by atoms with Gasteiger partial charge in [-0.3, -0.25) is 15.8 Å². The van der Waals surface area contributed by atoms with E-state index in [1.54, 1.807) is 18.9 Å². The molecule has 26 heavy (non-hydrogen) atoms. The number of amidine groups is 2. The topological polar surface area (TPSA) is 79.7 Å². The van der Waals surface area contributed by atoms with E-state index in [-0.39, 0.29) is 19.1 Å². The van der Waals surface area contributed by atoms with Crippen LogP contribution in [-0.2, 0) is 15.9 Å². The molecule has 3 aliphatic heterocycles. The molecule has 0 radical (unpaired) electrons. The first-order valence-corrected chi connectivity index (χ1v) is 9.57. The van der Waals surface area contributed by atoms with Gasteiger partial charge in [0.05, 0.1) is 12.6 Å². The third-order valence-corrected chi connectivity index (χ3v) is 5.25. The van der Waals surface area contributed by atoms with Crippen molar-refractivity contribution in [3.05, 3.63) is 29.8 Å². The number of hydrogen-bond donors (Lipinski definition) is 2. The fourth-order valence-electron chi connectivity index (χ4n) is 3.07. The fraction of sp³-hybridized carbons (Fsp3) is 0.529. The van der Waals surface area contributed by atoms with Gasteiger partial charge in [0.25, 0.3) is 0 Å². The predicted molar refractivity (Wildman–Crippen MR) is 101 cm³/mol. The molecule has 0 amide bonds. The monoisotopic (exact) mass is 377 g/mol. The zero-order valence-electron chi connectivity index (χ0n) is 14.7. The average Bonchev–Trinajstić information content (AvgIpc) is 3.37.